The molecule has 0 spiro atoms. The van der Waals surface area contributed by atoms with Crippen LogP contribution in [0.15, 0.2) is 29.6 Å². The van der Waals surface area contributed by atoms with E-state index in [4.69, 9.17) is 5.73 Å². The van der Waals surface area contributed by atoms with E-state index in [0.29, 0.717) is 0 Å². The van der Waals surface area contributed by atoms with Crippen LogP contribution < -0.4 is 5.73 Å². The minimum atomic E-state index is 0.165. The number of nitrogens with zero attached hydrogens (tertiary/aromatic N) is 1. The molecule has 1 atom stereocenters. The Morgan fingerprint density at radius 1 is 1.21 bits per heavy atom. The Morgan fingerprint density at radius 2 is 1.84 bits per heavy atom. The number of hydrogen-bond donors (Lipinski definition) is 1. The van der Waals surface area contributed by atoms with E-state index in [2.05, 4.69) is 55.4 Å². The van der Waals surface area contributed by atoms with Crippen molar-refractivity contribution >= 4 is 11.3 Å². The summed E-state index contributed by atoms with van der Waals surface area (Å²) >= 11 is 1.69. The van der Waals surface area contributed by atoms with E-state index in [1.54, 1.807) is 11.3 Å². The van der Waals surface area contributed by atoms with Crippen molar-refractivity contribution in [2.45, 2.75) is 45.6 Å². The second-order valence-corrected chi connectivity index (χ2v) is 7.01. The highest BCUT2D eigenvalue weighted by Gasteiger charge is 2.13. The van der Waals surface area contributed by atoms with Crippen LogP contribution in [-0.4, -0.2) is 11.0 Å². The van der Waals surface area contributed by atoms with Gasteiger partial charge in [0.25, 0.3) is 0 Å². The smallest absolute Gasteiger partial charge is 0.123 e. The number of aromatic nitrogens is 1. The SMILES string of the molecule is CC(N)Cc1csc(-c2ccc(C(C)(C)C)cc2)n1. The van der Waals surface area contributed by atoms with Gasteiger partial charge in [-0.25, -0.2) is 4.98 Å². The molecule has 1 aromatic carbocycles. The predicted molar refractivity (Wildman–Crippen MR) is 83.6 cm³/mol. The third kappa shape index (κ3) is 3.64. The van der Waals surface area contributed by atoms with Gasteiger partial charge in [0.2, 0.25) is 0 Å². The van der Waals surface area contributed by atoms with E-state index >= 15 is 0 Å². The molecule has 1 aromatic heterocycles. The van der Waals surface area contributed by atoms with Crippen molar-refractivity contribution in [1.82, 2.24) is 4.98 Å². The van der Waals surface area contributed by atoms with E-state index in [1.807, 2.05) is 6.92 Å². The Morgan fingerprint density at radius 3 is 2.37 bits per heavy atom. The summed E-state index contributed by atoms with van der Waals surface area (Å²) in [6.45, 7) is 8.70. The van der Waals surface area contributed by atoms with Crippen molar-refractivity contribution in [3.8, 4) is 10.6 Å². The molecular formula is C16H22N2S. The Kier molecular flexibility index (Phi) is 4.07. The topological polar surface area (TPSA) is 38.9 Å². The van der Waals surface area contributed by atoms with Gasteiger partial charge >= 0.3 is 0 Å². The summed E-state index contributed by atoms with van der Waals surface area (Å²) in [6, 6.07) is 8.88. The summed E-state index contributed by atoms with van der Waals surface area (Å²) in [5, 5.41) is 3.19. The van der Waals surface area contributed by atoms with E-state index in [0.717, 1.165) is 17.1 Å². The molecule has 0 saturated heterocycles. The van der Waals surface area contributed by atoms with Crippen LogP contribution in [0.4, 0.5) is 0 Å². The molecule has 102 valence electrons. The van der Waals surface area contributed by atoms with Gasteiger partial charge in [-0.15, -0.1) is 11.3 Å². The maximum atomic E-state index is 5.80. The number of thiazole rings is 1. The summed E-state index contributed by atoms with van der Waals surface area (Å²) in [7, 11) is 0. The lowest BCUT2D eigenvalue weighted by molar-refractivity contribution is 0.590. The number of nitrogens with two attached hydrogens (primary N) is 1. The summed E-state index contributed by atoms with van der Waals surface area (Å²) in [5.41, 5.74) is 9.63. The number of benzene rings is 1. The monoisotopic (exact) mass is 274 g/mol. The minimum Gasteiger partial charge on any atom is -0.328 e. The number of hydrogen-bond acceptors (Lipinski definition) is 3. The Bertz CT molecular complexity index is 533. The van der Waals surface area contributed by atoms with E-state index in [1.165, 1.54) is 11.1 Å². The van der Waals surface area contributed by atoms with Crippen LogP contribution in [-0.2, 0) is 11.8 Å². The lowest BCUT2D eigenvalue weighted by Crippen LogP contribution is -2.17. The third-order valence-electron chi connectivity index (χ3n) is 3.08. The fourth-order valence-electron chi connectivity index (χ4n) is 1.98. The van der Waals surface area contributed by atoms with Crippen LogP contribution in [0.2, 0.25) is 0 Å². The Hall–Kier alpha value is -1.19. The quantitative estimate of drug-likeness (QED) is 0.919. The Balaban J connectivity index is 2.20. The first-order valence-corrected chi connectivity index (χ1v) is 7.55. The average Bonchev–Trinajstić information content (AvgIpc) is 2.75. The van der Waals surface area contributed by atoms with Crippen LogP contribution in [0.1, 0.15) is 39.0 Å². The molecule has 1 unspecified atom stereocenters. The predicted octanol–water partition coefficient (Wildman–Crippen LogP) is 4.00. The highest BCUT2D eigenvalue weighted by atomic mass is 32.1. The first-order valence-electron chi connectivity index (χ1n) is 6.67. The fourth-order valence-corrected chi connectivity index (χ4v) is 2.81. The summed E-state index contributed by atoms with van der Waals surface area (Å²) in [4.78, 5) is 4.65. The largest absolute Gasteiger partial charge is 0.328 e. The standard InChI is InChI=1S/C16H22N2S/c1-11(17)9-14-10-19-15(18-14)12-5-7-13(8-6-12)16(2,3)4/h5-8,10-11H,9,17H2,1-4H3. The Labute approximate surface area is 119 Å². The highest BCUT2D eigenvalue weighted by molar-refractivity contribution is 7.13. The molecule has 0 aliphatic carbocycles. The van der Waals surface area contributed by atoms with Gasteiger partial charge in [-0.1, -0.05) is 45.0 Å². The van der Waals surface area contributed by atoms with Gasteiger partial charge in [0, 0.05) is 23.4 Å². The zero-order valence-corrected chi connectivity index (χ0v) is 12.9. The molecule has 0 aliphatic heterocycles. The average molecular weight is 274 g/mol. The fraction of sp³-hybridized carbons (Fsp3) is 0.438. The lowest BCUT2D eigenvalue weighted by Gasteiger charge is -2.18. The molecule has 0 radical (unpaired) electrons. The zero-order valence-electron chi connectivity index (χ0n) is 12.1. The molecule has 0 bridgehead atoms. The van der Waals surface area contributed by atoms with Crippen molar-refractivity contribution in [3.63, 3.8) is 0 Å². The van der Waals surface area contributed by atoms with Crippen molar-refractivity contribution in [1.29, 1.82) is 0 Å². The first-order chi connectivity index (χ1) is 8.86. The normalized spacial score (nSPS) is 13.5. The molecule has 2 aromatic rings. The highest BCUT2D eigenvalue weighted by Crippen LogP contribution is 2.28. The lowest BCUT2D eigenvalue weighted by atomic mass is 9.87. The van der Waals surface area contributed by atoms with Gasteiger partial charge in [-0.2, -0.15) is 0 Å². The second kappa shape index (κ2) is 5.43. The van der Waals surface area contributed by atoms with Crippen LogP contribution in [0.3, 0.4) is 0 Å². The van der Waals surface area contributed by atoms with Crippen LogP contribution >= 0.6 is 11.3 Å². The molecule has 19 heavy (non-hydrogen) atoms. The zero-order chi connectivity index (χ0) is 14.0. The summed E-state index contributed by atoms with van der Waals surface area (Å²) < 4.78 is 0. The molecule has 2 nitrogen and oxygen atoms in total. The van der Waals surface area contributed by atoms with Crippen LogP contribution in [0.25, 0.3) is 10.6 Å². The van der Waals surface area contributed by atoms with Gasteiger partial charge in [0.15, 0.2) is 0 Å². The van der Waals surface area contributed by atoms with Crippen LogP contribution in [0.5, 0.6) is 0 Å². The number of rotatable bonds is 3. The van der Waals surface area contributed by atoms with Crippen molar-refractivity contribution in [2.24, 2.45) is 5.73 Å². The third-order valence-corrected chi connectivity index (χ3v) is 4.02. The van der Waals surface area contributed by atoms with Gasteiger partial charge < -0.3 is 5.73 Å². The molecule has 1 heterocycles. The van der Waals surface area contributed by atoms with E-state index in [9.17, 15) is 0 Å². The molecule has 3 heteroatoms. The van der Waals surface area contributed by atoms with Crippen LogP contribution in [0, 0.1) is 0 Å². The molecule has 0 saturated carbocycles. The van der Waals surface area contributed by atoms with Gasteiger partial charge in [-0.05, 0) is 17.9 Å². The second-order valence-electron chi connectivity index (χ2n) is 6.15. The molecule has 0 amide bonds. The summed E-state index contributed by atoms with van der Waals surface area (Å²) in [6.07, 6.45) is 0.844. The molecule has 0 fully saturated rings. The van der Waals surface area contributed by atoms with Gasteiger partial charge in [0.05, 0.1) is 5.69 Å². The maximum Gasteiger partial charge on any atom is 0.123 e. The summed E-state index contributed by atoms with van der Waals surface area (Å²) in [5.74, 6) is 0. The van der Waals surface area contributed by atoms with Gasteiger partial charge in [-0.3, -0.25) is 0 Å². The molecule has 2 rings (SSSR count). The van der Waals surface area contributed by atoms with E-state index < -0.39 is 0 Å². The maximum absolute atomic E-state index is 5.80. The van der Waals surface area contributed by atoms with E-state index in [-0.39, 0.29) is 11.5 Å². The van der Waals surface area contributed by atoms with Crippen molar-refractivity contribution in [2.75, 3.05) is 0 Å². The molecule has 2 N–H and O–H groups in total. The molecule has 0 aliphatic rings. The first kappa shape index (κ1) is 14.2. The molecular weight excluding hydrogens is 252 g/mol. The van der Waals surface area contributed by atoms with Crippen molar-refractivity contribution in [3.05, 3.63) is 40.9 Å². The minimum absolute atomic E-state index is 0.165. The van der Waals surface area contributed by atoms with Gasteiger partial charge in [0.1, 0.15) is 5.01 Å². The van der Waals surface area contributed by atoms with Crippen molar-refractivity contribution < 1.29 is 0 Å².